The molecule has 0 saturated heterocycles. The number of hydrogen-bond acceptors (Lipinski definition) is 2. The Kier molecular flexibility index (Phi) is 8.19. The number of aryl methyl sites for hydroxylation is 2. The highest BCUT2D eigenvalue weighted by atomic mass is 16.5. The van der Waals surface area contributed by atoms with E-state index in [-0.39, 0.29) is 0 Å². The number of nitrogens with one attached hydrogen (secondary N) is 1. The lowest BCUT2D eigenvalue weighted by molar-refractivity contribution is 0.288. The van der Waals surface area contributed by atoms with Crippen LogP contribution in [0.4, 0.5) is 0 Å². The minimum Gasteiger partial charge on any atom is -0.493 e. The Morgan fingerprint density at radius 2 is 1.80 bits per heavy atom. The van der Waals surface area contributed by atoms with Gasteiger partial charge in [-0.3, -0.25) is 0 Å². The maximum atomic E-state index is 5.73. The van der Waals surface area contributed by atoms with Crippen molar-refractivity contribution in [3.8, 4) is 5.75 Å². The van der Waals surface area contributed by atoms with Crippen molar-refractivity contribution < 1.29 is 4.74 Å². The van der Waals surface area contributed by atoms with Gasteiger partial charge in [-0.2, -0.15) is 0 Å². The lowest BCUT2D eigenvalue weighted by Gasteiger charge is -2.21. The molecule has 3 rings (SSSR count). The van der Waals surface area contributed by atoms with Crippen molar-refractivity contribution in [2.24, 2.45) is 0 Å². The van der Waals surface area contributed by atoms with Crippen LogP contribution in [-0.2, 0) is 6.42 Å². The zero-order chi connectivity index (χ0) is 21.3. The van der Waals surface area contributed by atoms with E-state index in [0.717, 1.165) is 50.3 Å². The first kappa shape index (κ1) is 22.2. The molecule has 0 aliphatic carbocycles. The molecule has 0 radical (unpaired) electrons. The summed E-state index contributed by atoms with van der Waals surface area (Å²) in [6.07, 6.45) is 7.95. The first-order chi connectivity index (χ1) is 14.5. The molecule has 0 aromatic heterocycles. The topological polar surface area (TPSA) is 21.3 Å². The predicted octanol–water partition coefficient (Wildman–Crippen LogP) is 7.19. The van der Waals surface area contributed by atoms with E-state index in [1.165, 1.54) is 47.1 Å². The molecule has 0 fully saturated rings. The van der Waals surface area contributed by atoms with E-state index in [1.54, 1.807) is 0 Å². The van der Waals surface area contributed by atoms with E-state index in [9.17, 15) is 0 Å². The molecule has 1 heterocycles. The fourth-order valence-corrected chi connectivity index (χ4v) is 3.98. The average molecular weight is 404 g/mol. The Morgan fingerprint density at radius 1 is 1.03 bits per heavy atom. The first-order valence-corrected chi connectivity index (χ1v) is 11.4. The van der Waals surface area contributed by atoms with Crippen LogP contribution in [0, 0.1) is 6.92 Å². The van der Waals surface area contributed by atoms with E-state index in [2.05, 4.69) is 74.8 Å². The van der Waals surface area contributed by atoms with Gasteiger partial charge in [0.1, 0.15) is 5.75 Å². The van der Waals surface area contributed by atoms with Crippen LogP contribution < -0.4 is 10.1 Å². The van der Waals surface area contributed by atoms with Gasteiger partial charge >= 0.3 is 0 Å². The molecule has 0 spiro atoms. The van der Waals surface area contributed by atoms with Crippen LogP contribution in [0.5, 0.6) is 5.75 Å². The van der Waals surface area contributed by atoms with Gasteiger partial charge in [0, 0.05) is 12.2 Å². The van der Waals surface area contributed by atoms with Crippen molar-refractivity contribution in [1.29, 1.82) is 0 Å². The minimum absolute atomic E-state index is 0.465. The molecule has 160 valence electrons. The van der Waals surface area contributed by atoms with E-state index < -0.39 is 0 Å². The predicted molar refractivity (Wildman–Crippen MR) is 129 cm³/mol. The third-order valence-electron chi connectivity index (χ3n) is 6.08. The lowest BCUT2D eigenvalue weighted by atomic mass is 9.96. The summed E-state index contributed by atoms with van der Waals surface area (Å²) >= 11 is 0. The third kappa shape index (κ3) is 6.52. The molecule has 2 aromatic carbocycles. The molecule has 2 nitrogen and oxygen atoms in total. The van der Waals surface area contributed by atoms with Crippen LogP contribution in [0.25, 0.3) is 5.57 Å². The van der Waals surface area contributed by atoms with Crippen LogP contribution in [0.1, 0.15) is 73.6 Å². The van der Waals surface area contributed by atoms with Crippen LogP contribution >= 0.6 is 0 Å². The Balaban J connectivity index is 1.31. The van der Waals surface area contributed by atoms with Gasteiger partial charge in [0.15, 0.2) is 0 Å². The van der Waals surface area contributed by atoms with E-state index >= 15 is 0 Å². The fraction of sp³-hybridized carbons (Fsp3) is 0.429. The number of rotatable bonds is 11. The van der Waals surface area contributed by atoms with Gasteiger partial charge in [0.2, 0.25) is 0 Å². The summed E-state index contributed by atoms with van der Waals surface area (Å²) in [4.78, 5) is 0. The van der Waals surface area contributed by atoms with E-state index in [1.807, 2.05) is 0 Å². The normalized spacial score (nSPS) is 13.8. The summed E-state index contributed by atoms with van der Waals surface area (Å²) in [6.45, 7) is 14.7. The van der Waals surface area contributed by atoms with Crippen molar-refractivity contribution in [3.05, 3.63) is 83.6 Å². The van der Waals surface area contributed by atoms with Crippen molar-refractivity contribution in [2.45, 2.75) is 64.7 Å². The molecule has 0 bridgehead atoms. The molecule has 1 unspecified atom stereocenters. The quantitative estimate of drug-likeness (QED) is 0.401. The number of fused-ring (bicyclic) bond motifs is 1. The second-order valence-corrected chi connectivity index (χ2v) is 8.73. The van der Waals surface area contributed by atoms with E-state index in [4.69, 9.17) is 4.74 Å². The largest absolute Gasteiger partial charge is 0.493 e. The van der Waals surface area contributed by atoms with Crippen molar-refractivity contribution in [2.75, 3.05) is 13.2 Å². The monoisotopic (exact) mass is 403 g/mol. The highest BCUT2D eigenvalue weighted by molar-refractivity contribution is 5.63. The van der Waals surface area contributed by atoms with Gasteiger partial charge in [0.05, 0.1) is 6.61 Å². The van der Waals surface area contributed by atoms with E-state index in [0.29, 0.717) is 5.92 Å². The zero-order valence-electron chi connectivity index (χ0n) is 18.8. The molecule has 0 saturated carbocycles. The zero-order valence-corrected chi connectivity index (χ0v) is 18.8. The molecule has 1 aliphatic rings. The highest BCUT2D eigenvalue weighted by Crippen LogP contribution is 2.28. The van der Waals surface area contributed by atoms with Crippen LogP contribution in [-0.4, -0.2) is 13.2 Å². The number of hydrogen-bond donors (Lipinski definition) is 1. The molecular weight excluding hydrogens is 366 g/mol. The summed E-state index contributed by atoms with van der Waals surface area (Å²) in [5.41, 5.74) is 7.71. The number of allylic oxidation sites excluding steroid dienone is 2. The second kappa shape index (κ2) is 11.1. The molecule has 2 heteroatoms. The summed E-state index contributed by atoms with van der Waals surface area (Å²) in [5, 5.41) is 3.55. The summed E-state index contributed by atoms with van der Waals surface area (Å²) in [6, 6.07) is 15.4. The number of ether oxygens (including phenoxy) is 1. The van der Waals surface area contributed by atoms with Crippen LogP contribution in [0.3, 0.4) is 0 Å². The smallest absolute Gasteiger partial charge is 0.122 e. The average Bonchev–Trinajstić information content (AvgIpc) is 2.77. The molecule has 1 atom stereocenters. The van der Waals surface area contributed by atoms with Crippen molar-refractivity contribution >= 4 is 5.57 Å². The number of unbranched alkanes of at least 4 members (excludes halogenated alkanes) is 2. The molecule has 1 aliphatic heterocycles. The molecule has 30 heavy (non-hydrogen) atoms. The van der Waals surface area contributed by atoms with Gasteiger partial charge < -0.3 is 10.1 Å². The van der Waals surface area contributed by atoms with Gasteiger partial charge in [-0.05, 0) is 79.7 Å². The second-order valence-electron chi connectivity index (χ2n) is 8.73. The van der Waals surface area contributed by atoms with Gasteiger partial charge in [-0.25, -0.2) is 0 Å². The Labute approximate surface area is 183 Å². The maximum absolute atomic E-state index is 5.73. The Morgan fingerprint density at radius 3 is 2.60 bits per heavy atom. The van der Waals surface area contributed by atoms with Crippen LogP contribution in [0.15, 0.2) is 61.3 Å². The molecule has 2 aromatic rings. The standard InChI is InChI=1S/C28H37NO/c1-21-12-14-25(15-13-21)22(2)9-6-5-7-10-24(4)29-20-23(3)26-16-17-28-27(19-26)11-8-18-30-28/h12-17,19,23,29H,2,4-11,18,20H2,1,3H3. The molecule has 1 N–H and O–H groups in total. The number of benzene rings is 2. The van der Waals surface area contributed by atoms with Gasteiger partial charge in [0.25, 0.3) is 0 Å². The Bertz CT molecular complexity index is 849. The minimum atomic E-state index is 0.465. The summed E-state index contributed by atoms with van der Waals surface area (Å²) in [5.74, 6) is 1.53. The van der Waals surface area contributed by atoms with Gasteiger partial charge in [-0.15, -0.1) is 0 Å². The molecule has 0 amide bonds. The summed E-state index contributed by atoms with van der Waals surface area (Å²) < 4.78 is 5.73. The third-order valence-corrected chi connectivity index (χ3v) is 6.08. The van der Waals surface area contributed by atoms with Crippen molar-refractivity contribution in [3.63, 3.8) is 0 Å². The van der Waals surface area contributed by atoms with Crippen LogP contribution in [0.2, 0.25) is 0 Å². The SMILES string of the molecule is C=C(CCCCCC(=C)c1ccc(C)cc1)NCC(C)c1ccc2c(c1)CCCO2. The highest BCUT2D eigenvalue weighted by Gasteiger charge is 2.13. The Hall–Kier alpha value is -2.48. The van der Waals surface area contributed by atoms with Crippen molar-refractivity contribution in [1.82, 2.24) is 5.32 Å². The first-order valence-electron chi connectivity index (χ1n) is 11.4. The fourth-order valence-electron chi connectivity index (χ4n) is 3.98. The summed E-state index contributed by atoms with van der Waals surface area (Å²) in [7, 11) is 0. The van der Waals surface area contributed by atoms with Gasteiger partial charge in [-0.1, -0.05) is 68.5 Å². The lowest BCUT2D eigenvalue weighted by Crippen LogP contribution is -2.19. The molecular formula is C28H37NO. The maximum Gasteiger partial charge on any atom is 0.122 e.